The van der Waals surface area contributed by atoms with Gasteiger partial charge in [0, 0.05) is 13.0 Å². The first-order valence-electron chi connectivity index (χ1n) is 8.00. The molecule has 4 saturated carbocycles. The minimum absolute atomic E-state index is 0.0524. The molecule has 0 heterocycles. The second kappa shape index (κ2) is 5.05. The fourth-order valence-electron chi connectivity index (χ4n) is 5.36. The Balaban J connectivity index is 1.60. The lowest BCUT2D eigenvalue weighted by Crippen LogP contribution is -2.56. The van der Waals surface area contributed by atoms with Crippen LogP contribution in [0.4, 0.5) is 0 Å². The van der Waals surface area contributed by atoms with E-state index in [0.29, 0.717) is 5.41 Å². The highest BCUT2D eigenvalue weighted by atomic mass is 16.2. The summed E-state index contributed by atoms with van der Waals surface area (Å²) in [5, 5.41) is 5.71. The Morgan fingerprint density at radius 1 is 1.10 bits per heavy atom. The summed E-state index contributed by atoms with van der Waals surface area (Å²) in [5.74, 6) is 2.49. The standard InChI is InChI=1S/C16H26N2O2/c1-10(18-15(20)9-17-11(2)19)16-6-12-3-13(7-16)5-14(4-12)8-16/h10,12-14H,3-9H2,1-2H3,(H,17,19)(H,18,20)/t10-,12?,13?,14?,16?/m0/s1. The van der Waals surface area contributed by atoms with E-state index in [1.807, 2.05) is 0 Å². The van der Waals surface area contributed by atoms with E-state index in [4.69, 9.17) is 0 Å². The van der Waals surface area contributed by atoms with Gasteiger partial charge in [-0.25, -0.2) is 0 Å². The molecule has 1 atom stereocenters. The zero-order chi connectivity index (χ0) is 14.3. The Hall–Kier alpha value is -1.06. The lowest BCUT2D eigenvalue weighted by Gasteiger charge is -2.59. The summed E-state index contributed by atoms with van der Waals surface area (Å²) in [7, 11) is 0. The molecule has 0 aliphatic heterocycles. The van der Waals surface area contributed by atoms with Gasteiger partial charge in [-0.1, -0.05) is 0 Å². The van der Waals surface area contributed by atoms with E-state index in [0.717, 1.165) is 17.8 Å². The van der Waals surface area contributed by atoms with E-state index < -0.39 is 0 Å². The average molecular weight is 278 g/mol. The molecule has 112 valence electrons. The molecule has 0 aromatic carbocycles. The van der Waals surface area contributed by atoms with Crippen LogP contribution >= 0.6 is 0 Å². The molecule has 2 N–H and O–H groups in total. The molecule has 4 rings (SSSR count). The Morgan fingerprint density at radius 2 is 1.60 bits per heavy atom. The molecule has 0 unspecified atom stereocenters. The fraction of sp³-hybridized carbons (Fsp3) is 0.875. The van der Waals surface area contributed by atoms with Crippen LogP contribution in [-0.4, -0.2) is 24.4 Å². The first kappa shape index (κ1) is 13.9. The van der Waals surface area contributed by atoms with E-state index in [-0.39, 0.29) is 24.4 Å². The quantitative estimate of drug-likeness (QED) is 0.824. The fourth-order valence-corrected chi connectivity index (χ4v) is 5.36. The summed E-state index contributed by atoms with van der Waals surface area (Å²) >= 11 is 0. The lowest BCUT2D eigenvalue weighted by molar-refractivity contribution is -0.128. The van der Waals surface area contributed by atoms with E-state index in [1.165, 1.54) is 45.4 Å². The number of amides is 2. The summed E-state index contributed by atoms with van der Waals surface area (Å²) in [6, 6.07) is 0.233. The smallest absolute Gasteiger partial charge is 0.239 e. The predicted octanol–water partition coefficient (Wildman–Crippen LogP) is 1.84. The van der Waals surface area contributed by atoms with Crippen molar-refractivity contribution in [2.24, 2.45) is 23.2 Å². The van der Waals surface area contributed by atoms with Crippen LogP contribution in [0.1, 0.15) is 52.4 Å². The van der Waals surface area contributed by atoms with E-state index in [9.17, 15) is 9.59 Å². The highest BCUT2D eigenvalue weighted by Gasteiger charge is 2.53. The Kier molecular flexibility index (Phi) is 3.51. The van der Waals surface area contributed by atoms with Crippen molar-refractivity contribution >= 4 is 11.8 Å². The summed E-state index contributed by atoms with van der Waals surface area (Å²) in [4.78, 5) is 22.8. The van der Waals surface area contributed by atoms with Gasteiger partial charge in [-0.15, -0.1) is 0 Å². The molecule has 4 aliphatic rings. The first-order chi connectivity index (χ1) is 9.47. The van der Waals surface area contributed by atoms with E-state index in [2.05, 4.69) is 17.6 Å². The Labute approximate surface area is 121 Å². The van der Waals surface area contributed by atoms with Gasteiger partial charge in [0.2, 0.25) is 11.8 Å². The highest BCUT2D eigenvalue weighted by Crippen LogP contribution is 2.61. The molecule has 20 heavy (non-hydrogen) atoms. The second-order valence-corrected chi connectivity index (χ2v) is 7.48. The van der Waals surface area contributed by atoms with Crippen LogP contribution in [0.5, 0.6) is 0 Å². The number of hydrogen-bond donors (Lipinski definition) is 2. The van der Waals surface area contributed by atoms with Crippen molar-refractivity contribution in [2.75, 3.05) is 6.54 Å². The third-order valence-corrected chi connectivity index (χ3v) is 5.88. The van der Waals surface area contributed by atoms with Crippen LogP contribution in [-0.2, 0) is 9.59 Å². The van der Waals surface area contributed by atoms with E-state index >= 15 is 0 Å². The average Bonchev–Trinajstić information content (AvgIpc) is 2.34. The first-order valence-corrected chi connectivity index (χ1v) is 8.00. The molecule has 2 amide bonds. The molecule has 0 saturated heterocycles. The van der Waals surface area contributed by atoms with Crippen LogP contribution in [0.2, 0.25) is 0 Å². The Bertz CT molecular complexity index is 383. The number of rotatable bonds is 4. The SMILES string of the molecule is CC(=O)NCC(=O)N[C@@H](C)C12CC3CC(CC(C3)C1)C2. The summed E-state index contributed by atoms with van der Waals surface area (Å²) in [5.41, 5.74) is 0.334. The van der Waals surface area contributed by atoms with Gasteiger partial charge in [0.05, 0.1) is 6.54 Å². The van der Waals surface area contributed by atoms with Crippen molar-refractivity contribution in [2.45, 2.75) is 58.4 Å². The molecule has 4 aliphatic carbocycles. The Morgan fingerprint density at radius 3 is 2.05 bits per heavy atom. The van der Waals surface area contributed by atoms with Gasteiger partial charge >= 0.3 is 0 Å². The molecule has 0 aromatic rings. The van der Waals surface area contributed by atoms with Gasteiger partial charge in [-0.3, -0.25) is 9.59 Å². The van der Waals surface area contributed by atoms with Crippen molar-refractivity contribution in [3.63, 3.8) is 0 Å². The molecular formula is C16H26N2O2. The topological polar surface area (TPSA) is 58.2 Å². The van der Waals surface area contributed by atoms with Crippen LogP contribution in [0.3, 0.4) is 0 Å². The predicted molar refractivity (Wildman–Crippen MR) is 76.9 cm³/mol. The third-order valence-electron chi connectivity index (χ3n) is 5.88. The van der Waals surface area contributed by atoms with E-state index in [1.54, 1.807) is 0 Å². The molecule has 0 spiro atoms. The minimum Gasteiger partial charge on any atom is -0.352 e. The second-order valence-electron chi connectivity index (χ2n) is 7.48. The molecule has 0 radical (unpaired) electrons. The maximum absolute atomic E-state index is 11.9. The minimum atomic E-state index is -0.150. The lowest BCUT2D eigenvalue weighted by atomic mass is 9.48. The van der Waals surface area contributed by atoms with Gasteiger partial charge in [0.25, 0.3) is 0 Å². The maximum atomic E-state index is 11.9. The van der Waals surface area contributed by atoms with Crippen molar-refractivity contribution in [3.05, 3.63) is 0 Å². The number of hydrogen-bond acceptors (Lipinski definition) is 2. The molecule has 4 fully saturated rings. The zero-order valence-corrected chi connectivity index (χ0v) is 12.6. The molecule has 4 heteroatoms. The molecule has 4 bridgehead atoms. The highest BCUT2D eigenvalue weighted by molar-refractivity contribution is 5.83. The molecular weight excluding hydrogens is 252 g/mol. The van der Waals surface area contributed by atoms with Gasteiger partial charge < -0.3 is 10.6 Å². The number of carbonyl (C=O) groups is 2. The number of carbonyl (C=O) groups excluding carboxylic acids is 2. The normalized spacial score (nSPS) is 39.4. The van der Waals surface area contributed by atoms with Gasteiger partial charge in [0.15, 0.2) is 0 Å². The van der Waals surface area contributed by atoms with Crippen molar-refractivity contribution < 1.29 is 9.59 Å². The maximum Gasteiger partial charge on any atom is 0.239 e. The monoisotopic (exact) mass is 278 g/mol. The molecule has 0 aromatic heterocycles. The largest absolute Gasteiger partial charge is 0.352 e. The summed E-state index contributed by atoms with van der Waals surface area (Å²) in [6.45, 7) is 3.71. The van der Waals surface area contributed by atoms with Crippen LogP contribution in [0, 0.1) is 23.2 Å². The van der Waals surface area contributed by atoms with Crippen LogP contribution < -0.4 is 10.6 Å². The zero-order valence-electron chi connectivity index (χ0n) is 12.6. The van der Waals surface area contributed by atoms with Crippen LogP contribution in [0.15, 0.2) is 0 Å². The molecule has 4 nitrogen and oxygen atoms in total. The van der Waals surface area contributed by atoms with Crippen molar-refractivity contribution in [1.29, 1.82) is 0 Å². The summed E-state index contributed by atoms with van der Waals surface area (Å²) in [6.07, 6.45) is 8.14. The summed E-state index contributed by atoms with van der Waals surface area (Å²) < 4.78 is 0. The van der Waals surface area contributed by atoms with Gasteiger partial charge in [0.1, 0.15) is 0 Å². The van der Waals surface area contributed by atoms with Crippen molar-refractivity contribution in [3.8, 4) is 0 Å². The third kappa shape index (κ3) is 2.57. The van der Waals surface area contributed by atoms with Crippen LogP contribution in [0.25, 0.3) is 0 Å². The number of nitrogens with one attached hydrogen (secondary N) is 2. The van der Waals surface area contributed by atoms with Gasteiger partial charge in [-0.2, -0.15) is 0 Å². The van der Waals surface area contributed by atoms with Crippen molar-refractivity contribution in [1.82, 2.24) is 10.6 Å². The van der Waals surface area contributed by atoms with Gasteiger partial charge in [-0.05, 0) is 68.6 Å².